The maximum absolute atomic E-state index is 11.8. The van der Waals surface area contributed by atoms with Crippen LogP contribution in [0, 0.1) is 6.92 Å². The summed E-state index contributed by atoms with van der Waals surface area (Å²) in [7, 11) is 0. The number of benzene rings is 1. The predicted molar refractivity (Wildman–Crippen MR) is 82.7 cm³/mol. The first kappa shape index (κ1) is 16.2. The fourth-order valence-corrected chi connectivity index (χ4v) is 1.70. The van der Waals surface area contributed by atoms with E-state index in [1.165, 1.54) is 11.2 Å². The Morgan fingerprint density at radius 2 is 2.10 bits per heavy atom. The summed E-state index contributed by atoms with van der Waals surface area (Å²) in [6.07, 6.45) is 1.28. The van der Waals surface area contributed by atoms with Crippen LogP contribution in [0.4, 0.5) is 5.69 Å². The quantitative estimate of drug-likeness (QED) is 0.401. The molecule has 7 heteroatoms. The van der Waals surface area contributed by atoms with Gasteiger partial charge in [0, 0.05) is 18.8 Å². The zero-order valence-corrected chi connectivity index (χ0v) is 12.1. The molecule has 2 amide bonds. The maximum atomic E-state index is 11.8. The highest BCUT2D eigenvalue weighted by molar-refractivity contribution is 5.95. The SMILES string of the molecule is C=NN(/C=C(\N)C(N)=O)c1ccc(C(=O)NCC)cc1C. The molecule has 7 nitrogen and oxygen atoms in total. The Hall–Kier alpha value is -2.83. The van der Waals surface area contributed by atoms with Crippen molar-refractivity contribution in [3.05, 3.63) is 41.2 Å². The molecule has 0 fully saturated rings. The van der Waals surface area contributed by atoms with E-state index < -0.39 is 5.91 Å². The Bertz CT molecular complexity index is 595. The fraction of sp³-hybridized carbons (Fsp3) is 0.214. The summed E-state index contributed by atoms with van der Waals surface area (Å²) in [5.74, 6) is -0.905. The van der Waals surface area contributed by atoms with Crippen molar-refractivity contribution in [1.29, 1.82) is 0 Å². The molecule has 0 spiro atoms. The Balaban J connectivity index is 3.13. The molecule has 0 bridgehead atoms. The number of hydrogen-bond donors (Lipinski definition) is 3. The topological polar surface area (TPSA) is 114 Å². The lowest BCUT2D eigenvalue weighted by molar-refractivity contribution is -0.114. The summed E-state index contributed by atoms with van der Waals surface area (Å²) >= 11 is 0. The van der Waals surface area contributed by atoms with Gasteiger partial charge in [-0.15, -0.1) is 0 Å². The normalized spacial score (nSPS) is 10.9. The van der Waals surface area contributed by atoms with E-state index in [1.807, 2.05) is 13.8 Å². The molecule has 1 rings (SSSR count). The minimum atomic E-state index is -0.750. The molecule has 21 heavy (non-hydrogen) atoms. The molecule has 5 N–H and O–H groups in total. The summed E-state index contributed by atoms with van der Waals surface area (Å²) < 4.78 is 0. The number of hydrazone groups is 1. The first-order valence-electron chi connectivity index (χ1n) is 6.32. The van der Waals surface area contributed by atoms with Crippen molar-refractivity contribution in [3.8, 4) is 0 Å². The number of carbonyl (C=O) groups is 2. The van der Waals surface area contributed by atoms with Gasteiger partial charge in [-0.1, -0.05) is 0 Å². The number of primary amides is 1. The molecule has 0 saturated heterocycles. The van der Waals surface area contributed by atoms with Crippen LogP contribution in [0.1, 0.15) is 22.8 Å². The van der Waals surface area contributed by atoms with Crippen molar-refractivity contribution in [1.82, 2.24) is 5.32 Å². The number of amides is 2. The Morgan fingerprint density at radius 1 is 1.43 bits per heavy atom. The molecule has 1 aromatic rings. The van der Waals surface area contributed by atoms with Crippen molar-refractivity contribution in [2.75, 3.05) is 11.6 Å². The van der Waals surface area contributed by atoms with E-state index in [0.29, 0.717) is 17.8 Å². The minimum Gasteiger partial charge on any atom is -0.393 e. The monoisotopic (exact) mass is 289 g/mol. The van der Waals surface area contributed by atoms with Gasteiger partial charge in [0.15, 0.2) is 0 Å². The van der Waals surface area contributed by atoms with Crippen molar-refractivity contribution < 1.29 is 9.59 Å². The van der Waals surface area contributed by atoms with E-state index in [2.05, 4.69) is 17.1 Å². The summed E-state index contributed by atoms with van der Waals surface area (Å²) in [4.78, 5) is 22.7. The summed E-state index contributed by atoms with van der Waals surface area (Å²) in [6, 6.07) is 5.06. The first-order valence-corrected chi connectivity index (χ1v) is 6.32. The van der Waals surface area contributed by atoms with Gasteiger partial charge in [0.05, 0.1) is 11.9 Å². The van der Waals surface area contributed by atoms with E-state index >= 15 is 0 Å². The first-order chi connectivity index (χ1) is 9.90. The molecular weight excluding hydrogens is 270 g/mol. The van der Waals surface area contributed by atoms with Crippen LogP contribution in [0.3, 0.4) is 0 Å². The standard InChI is InChI=1S/C14H19N5O2/c1-4-18-14(21)10-5-6-12(9(2)7-10)19(17-3)8-11(15)13(16)20/h5-8H,3-4,15H2,1-2H3,(H2,16,20)(H,18,21)/b11-8-. The Kier molecular flexibility index (Phi) is 5.48. The predicted octanol–water partition coefficient (Wildman–Crippen LogP) is 0.452. The molecule has 112 valence electrons. The number of nitrogens with zero attached hydrogens (tertiary/aromatic N) is 2. The lowest BCUT2D eigenvalue weighted by Crippen LogP contribution is -2.24. The zero-order chi connectivity index (χ0) is 16.0. The van der Waals surface area contributed by atoms with Gasteiger partial charge in [0.25, 0.3) is 11.8 Å². The van der Waals surface area contributed by atoms with Crippen LogP contribution in [0.5, 0.6) is 0 Å². The number of nitrogens with two attached hydrogens (primary N) is 2. The Labute approximate surface area is 123 Å². The van der Waals surface area contributed by atoms with Crippen LogP contribution in [-0.2, 0) is 4.79 Å². The fourth-order valence-electron chi connectivity index (χ4n) is 1.70. The third-order valence-corrected chi connectivity index (χ3v) is 2.74. The van der Waals surface area contributed by atoms with E-state index in [9.17, 15) is 9.59 Å². The van der Waals surface area contributed by atoms with E-state index in [1.54, 1.807) is 18.2 Å². The summed E-state index contributed by atoms with van der Waals surface area (Å²) in [5, 5.41) is 7.82. The van der Waals surface area contributed by atoms with Gasteiger partial charge in [0.1, 0.15) is 5.70 Å². The number of nitrogens with one attached hydrogen (secondary N) is 1. The molecule has 0 atom stereocenters. The van der Waals surface area contributed by atoms with Crippen LogP contribution < -0.4 is 21.8 Å². The number of aryl methyl sites for hydroxylation is 1. The van der Waals surface area contributed by atoms with Crippen LogP contribution in [-0.4, -0.2) is 25.1 Å². The summed E-state index contributed by atoms with van der Waals surface area (Å²) in [5.41, 5.74) is 12.4. The second-order valence-electron chi connectivity index (χ2n) is 4.30. The molecule has 0 aliphatic heterocycles. The van der Waals surface area contributed by atoms with E-state index in [4.69, 9.17) is 11.5 Å². The second kappa shape index (κ2) is 7.09. The van der Waals surface area contributed by atoms with Gasteiger partial charge < -0.3 is 16.8 Å². The third-order valence-electron chi connectivity index (χ3n) is 2.74. The van der Waals surface area contributed by atoms with Crippen molar-refractivity contribution in [2.45, 2.75) is 13.8 Å². The lowest BCUT2D eigenvalue weighted by atomic mass is 10.1. The second-order valence-corrected chi connectivity index (χ2v) is 4.30. The lowest BCUT2D eigenvalue weighted by Gasteiger charge is -2.17. The van der Waals surface area contributed by atoms with Gasteiger partial charge in [0.2, 0.25) is 0 Å². The van der Waals surface area contributed by atoms with Crippen molar-refractivity contribution >= 4 is 24.2 Å². The minimum absolute atomic E-state index is 0.144. The van der Waals surface area contributed by atoms with Crippen LogP contribution in [0.2, 0.25) is 0 Å². The van der Waals surface area contributed by atoms with E-state index in [-0.39, 0.29) is 11.6 Å². The smallest absolute Gasteiger partial charge is 0.266 e. The molecule has 0 aliphatic carbocycles. The van der Waals surface area contributed by atoms with E-state index in [0.717, 1.165) is 5.56 Å². The molecule has 0 radical (unpaired) electrons. The Morgan fingerprint density at radius 3 is 2.57 bits per heavy atom. The van der Waals surface area contributed by atoms with Crippen molar-refractivity contribution in [3.63, 3.8) is 0 Å². The van der Waals surface area contributed by atoms with Crippen LogP contribution in [0.25, 0.3) is 0 Å². The van der Waals surface area contributed by atoms with Crippen LogP contribution >= 0.6 is 0 Å². The van der Waals surface area contributed by atoms with Crippen LogP contribution in [0.15, 0.2) is 35.2 Å². The van der Waals surface area contributed by atoms with Gasteiger partial charge in [-0.3, -0.25) is 9.59 Å². The molecule has 0 saturated carbocycles. The average molecular weight is 289 g/mol. The van der Waals surface area contributed by atoms with Gasteiger partial charge >= 0.3 is 0 Å². The average Bonchev–Trinajstić information content (AvgIpc) is 2.44. The maximum Gasteiger partial charge on any atom is 0.266 e. The molecule has 0 aromatic heterocycles. The largest absolute Gasteiger partial charge is 0.393 e. The molecular formula is C14H19N5O2. The van der Waals surface area contributed by atoms with Crippen molar-refractivity contribution in [2.24, 2.45) is 16.6 Å². The van der Waals surface area contributed by atoms with Gasteiger partial charge in [-0.05, 0) is 37.6 Å². The number of hydrogen-bond acceptors (Lipinski definition) is 5. The number of anilines is 1. The highest BCUT2D eigenvalue weighted by Gasteiger charge is 2.11. The number of carbonyl (C=O) groups excluding carboxylic acids is 2. The third kappa shape index (κ3) is 4.07. The zero-order valence-electron chi connectivity index (χ0n) is 12.1. The van der Waals surface area contributed by atoms with Gasteiger partial charge in [-0.25, -0.2) is 5.01 Å². The molecule has 0 heterocycles. The highest BCUT2D eigenvalue weighted by atomic mass is 16.2. The molecule has 0 aliphatic rings. The summed E-state index contributed by atoms with van der Waals surface area (Å²) in [6.45, 7) is 7.63. The molecule has 1 aromatic carbocycles. The highest BCUT2D eigenvalue weighted by Crippen LogP contribution is 2.22. The molecule has 0 unspecified atom stereocenters. The number of rotatable bonds is 6. The van der Waals surface area contributed by atoms with Gasteiger partial charge in [-0.2, -0.15) is 5.10 Å².